The summed E-state index contributed by atoms with van der Waals surface area (Å²) in [4.78, 5) is 57.9. The second-order valence-electron chi connectivity index (χ2n) is 14.8. The highest BCUT2D eigenvalue weighted by Crippen LogP contribution is 2.28. The van der Waals surface area contributed by atoms with Crippen LogP contribution in [0.3, 0.4) is 0 Å². The van der Waals surface area contributed by atoms with Gasteiger partial charge in [-0.15, -0.1) is 26.3 Å². The van der Waals surface area contributed by atoms with Crippen molar-refractivity contribution in [2.45, 2.75) is 54.5 Å². The molecule has 370 valence electrons. The van der Waals surface area contributed by atoms with Gasteiger partial charge in [0, 0.05) is 35.1 Å². The fourth-order valence-corrected chi connectivity index (χ4v) is 6.69. The SMILES string of the molecule is C.C.CNC(=O)c1cccc(Cn2c(C)ccc(-c3nc(-c4ccc(OC(F)(F)F)cc4)no3)c2=O)c1.Cc1ccc(-c2nc(-c3ccc(OC(F)(F)F)cc3)no2)c(=O)n1Cc1cccc(C(=O)O)c1. The predicted molar refractivity (Wildman–Crippen MR) is 247 cm³/mol. The van der Waals surface area contributed by atoms with E-state index in [-0.39, 0.29) is 85.3 Å². The quantitative estimate of drug-likeness (QED) is 0.109. The fraction of sp³-hybridized carbons (Fsp3) is 0.184. The average Bonchev–Trinajstić information content (AvgIpc) is 4.00. The van der Waals surface area contributed by atoms with Gasteiger partial charge in [-0.3, -0.25) is 14.4 Å². The molecule has 8 aromatic rings. The van der Waals surface area contributed by atoms with Crippen LogP contribution in [0.25, 0.3) is 45.7 Å². The van der Waals surface area contributed by atoms with E-state index in [9.17, 15) is 50.6 Å². The van der Waals surface area contributed by atoms with Gasteiger partial charge in [-0.2, -0.15) is 9.97 Å². The number of aryl methyl sites for hydroxylation is 2. The molecule has 0 saturated carbocycles. The molecule has 0 spiro atoms. The summed E-state index contributed by atoms with van der Waals surface area (Å²) in [6, 6.07) is 29.5. The smallest absolute Gasteiger partial charge is 0.478 e. The Morgan fingerprint density at radius 3 is 1.38 bits per heavy atom. The second-order valence-corrected chi connectivity index (χ2v) is 14.8. The van der Waals surface area contributed by atoms with Gasteiger partial charge in [-0.25, -0.2) is 4.79 Å². The van der Waals surface area contributed by atoms with Crippen molar-refractivity contribution in [3.63, 3.8) is 0 Å². The third kappa shape index (κ3) is 13.2. The molecule has 4 heterocycles. The van der Waals surface area contributed by atoms with Crippen LogP contribution in [0.4, 0.5) is 26.3 Å². The second kappa shape index (κ2) is 22.1. The highest BCUT2D eigenvalue weighted by atomic mass is 19.4. The number of aromatic nitrogens is 6. The van der Waals surface area contributed by atoms with Gasteiger partial charge in [0.05, 0.1) is 18.7 Å². The number of aromatic carboxylic acids is 1. The molecule has 0 aliphatic carbocycles. The Hall–Kier alpha value is -8.82. The molecule has 0 saturated heterocycles. The van der Waals surface area contributed by atoms with Crippen LogP contribution in [0.1, 0.15) is 58.1 Å². The third-order valence-electron chi connectivity index (χ3n) is 10.1. The highest BCUT2D eigenvalue weighted by Gasteiger charge is 2.32. The minimum atomic E-state index is -4.80. The topological polar surface area (TPSA) is 207 Å². The van der Waals surface area contributed by atoms with Gasteiger partial charge < -0.3 is 38.1 Å². The lowest BCUT2D eigenvalue weighted by atomic mass is 10.1. The van der Waals surface area contributed by atoms with Crippen molar-refractivity contribution >= 4 is 11.9 Å². The lowest BCUT2D eigenvalue weighted by Crippen LogP contribution is -2.24. The zero-order valence-electron chi connectivity index (χ0n) is 36.1. The van der Waals surface area contributed by atoms with Gasteiger partial charge in [0.1, 0.15) is 22.6 Å². The van der Waals surface area contributed by atoms with Crippen LogP contribution in [0.2, 0.25) is 0 Å². The zero-order valence-corrected chi connectivity index (χ0v) is 36.1. The Labute approximate surface area is 399 Å². The lowest BCUT2D eigenvalue weighted by molar-refractivity contribution is -0.275. The van der Waals surface area contributed by atoms with Crippen molar-refractivity contribution in [3.8, 4) is 57.2 Å². The number of nitrogens with zero attached hydrogens (tertiary/aromatic N) is 6. The van der Waals surface area contributed by atoms with E-state index >= 15 is 0 Å². The van der Waals surface area contributed by atoms with Gasteiger partial charge >= 0.3 is 18.7 Å². The van der Waals surface area contributed by atoms with E-state index in [1.807, 2.05) is 6.07 Å². The number of hydrogen-bond donors (Lipinski definition) is 2. The summed E-state index contributed by atoms with van der Waals surface area (Å²) < 4.78 is 95.2. The number of carbonyl (C=O) groups excluding carboxylic acids is 1. The molecule has 22 heteroatoms. The van der Waals surface area contributed by atoms with E-state index < -0.39 is 30.0 Å². The molecular formula is C49H43F6N7O9. The van der Waals surface area contributed by atoms with Crippen LogP contribution < -0.4 is 25.9 Å². The van der Waals surface area contributed by atoms with Gasteiger partial charge in [0.25, 0.3) is 28.8 Å². The van der Waals surface area contributed by atoms with Crippen LogP contribution in [-0.4, -0.2) is 66.2 Å². The number of pyridine rings is 2. The predicted octanol–water partition coefficient (Wildman–Crippen LogP) is 9.97. The van der Waals surface area contributed by atoms with Crippen molar-refractivity contribution in [1.82, 2.24) is 34.7 Å². The average molecular weight is 988 g/mol. The van der Waals surface area contributed by atoms with E-state index in [2.05, 4.69) is 35.1 Å². The molecule has 8 rings (SSSR count). The number of amides is 1. The third-order valence-corrected chi connectivity index (χ3v) is 10.1. The number of ether oxygens (including phenoxy) is 2. The van der Waals surface area contributed by atoms with E-state index in [0.29, 0.717) is 33.6 Å². The van der Waals surface area contributed by atoms with Gasteiger partial charge in [-0.05, 0) is 122 Å². The molecule has 0 radical (unpaired) electrons. The number of halogens is 6. The Morgan fingerprint density at radius 2 is 1.00 bits per heavy atom. The number of hydrogen-bond acceptors (Lipinski definition) is 12. The molecule has 0 atom stereocenters. The van der Waals surface area contributed by atoms with Crippen molar-refractivity contribution in [3.05, 3.63) is 176 Å². The van der Waals surface area contributed by atoms with Crippen LogP contribution in [0, 0.1) is 13.8 Å². The van der Waals surface area contributed by atoms with E-state index in [0.717, 1.165) is 29.8 Å². The largest absolute Gasteiger partial charge is 0.573 e. The van der Waals surface area contributed by atoms with Crippen molar-refractivity contribution in [1.29, 1.82) is 0 Å². The maximum Gasteiger partial charge on any atom is 0.573 e. The number of rotatable bonds is 12. The Morgan fingerprint density at radius 1 is 0.606 bits per heavy atom. The summed E-state index contributed by atoms with van der Waals surface area (Å²) >= 11 is 0. The molecule has 71 heavy (non-hydrogen) atoms. The number of carboxylic acid groups (broad SMARTS) is 1. The molecule has 4 aromatic heterocycles. The van der Waals surface area contributed by atoms with E-state index in [1.165, 1.54) is 58.6 Å². The summed E-state index contributed by atoms with van der Waals surface area (Å²) in [5.74, 6) is -2.01. The molecule has 0 aliphatic rings. The minimum Gasteiger partial charge on any atom is -0.478 e. The maximum atomic E-state index is 13.2. The van der Waals surface area contributed by atoms with E-state index in [4.69, 9.17) is 9.05 Å². The first-order valence-electron chi connectivity index (χ1n) is 20.2. The summed E-state index contributed by atoms with van der Waals surface area (Å²) in [5, 5.41) is 19.4. The van der Waals surface area contributed by atoms with Crippen LogP contribution in [0.5, 0.6) is 11.5 Å². The van der Waals surface area contributed by atoms with Gasteiger partial charge in [-0.1, -0.05) is 49.4 Å². The Balaban J connectivity index is 0.000000257. The molecular weight excluding hydrogens is 945 g/mol. The maximum absolute atomic E-state index is 13.2. The van der Waals surface area contributed by atoms with Crippen LogP contribution in [-0.2, 0) is 13.1 Å². The normalized spacial score (nSPS) is 11.1. The molecule has 0 fully saturated rings. The minimum absolute atomic E-state index is 0. The number of benzene rings is 4. The highest BCUT2D eigenvalue weighted by molar-refractivity contribution is 5.94. The Kier molecular flexibility index (Phi) is 16.5. The van der Waals surface area contributed by atoms with Crippen molar-refractivity contribution < 1.29 is 59.6 Å². The van der Waals surface area contributed by atoms with Crippen molar-refractivity contribution in [2.75, 3.05) is 7.05 Å². The molecule has 2 N–H and O–H groups in total. The first-order chi connectivity index (χ1) is 32.7. The van der Waals surface area contributed by atoms with Crippen molar-refractivity contribution in [2.24, 2.45) is 0 Å². The lowest BCUT2D eigenvalue weighted by Gasteiger charge is -2.12. The molecule has 0 aliphatic heterocycles. The number of alkyl halides is 6. The molecule has 0 bridgehead atoms. The zero-order chi connectivity index (χ0) is 49.6. The fourth-order valence-electron chi connectivity index (χ4n) is 6.69. The Bertz CT molecular complexity index is 3270. The molecule has 4 aromatic carbocycles. The summed E-state index contributed by atoms with van der Waals surface area (Å²) in [6.45, 7) is 3.85. The summed E-state index contributed by atoms with van der Waals surface area (Å²) in [5.41, 5.74) is 3.49. The first-order valence-corrected chi connectivity index (χ1v) is 20.2. The van der Waals surface area contributed by atoms with E-state index in [1.54, 1.807) is 62.4 Å². The van der Waals surface area contributed by atoms with Crippen LogP contribution >= 0.6 is 0 Å². The number of nitrogens with one attached hydrogen (secondary N) is 1. The standard InChI is InChI=1S/C24H19F3N4O4.C23H16F3N3O5.2CH4/c1-14-6-11-19(23(33)31(14)13-15-4-3-5-17(12-15)21(32)28-2)22-29-20(30-35-22)16-7-9-18(10-8-16)34-24(25,26)27;1-13-5-10-18(21(30)29(13)12-14-3-2-4-16(11-14)22(31)32)20-27-19(28-34-20)15-6-8-17(9-7-15)33-23(24,25)26;;/h3-12H,13H2,1-2H3,(H,28,32);2-11H,12H2,1H3,(H,31,32);2*1H4. The van der Waals surface area contributed by atoms with Gasteiger partial charge in [0.2, 0.25) is 11.6 Å². The van der Waals surface area contributed by atoms with Gasteiger partial charge in [0.15, 0.2) is 0 Å². The molecule has 0 unspecified atom stereocenters. The molecule has 16 nitrogen and oxygen atoms in total. The monoisotopic (exact) mass is 987 g/mol. The summed E-state index contributed by atoms with van der Waals surface area (Å²) in [6.07, 6.45) is -9.60. The summed E-state index contributed by atoms with van der Waals surface area (Å²) in [7, 11) is 1.54. The first kappa shape index (κ1) is 53.1. The van der Waals surface area contributed by atoms with Crippen LogP contribution in [0.15, 0.2) is 140 Å². The molecule has 1 amide bonds. The number of carbonyl (C=O) groups is 2. The number of carboxylic acids is 1.